The second-order valence-corrected chi connectivity index (χ2v) is 3.48. The standard InChI is InChI=1S/C10H23NO/c1-4-7-11(8-5-2)9-6-10(3)12/h10,12H,4-9H2,1-3H3. The summed E-state index contributed by atoms with van der Waals surface area (Å²) in [7, 11) is 0. The normalized spacial score (nSPS) is 13.8. The lowest BCUT2D eigenvalue weighted by molar-refractivity contribution is 0.156. The van der Waals surface area contributed by atoms with E-state index in [0.717, 1.165) is 13.0 Å². The molecule has 0 aliphatic heterocycles. The lowest BCUT2D eigenvalue weighted by Gasteiger charge is -2.21. The topological polar surface area (TPSA) is 23.5 Å². The molecule has 2 heteroatoms. The Hall–Kier alpha value is -0.0800. The van der Waals surface area contributed by atoms with Crippen molar-refractivity contribution in [2.24, 2.45) is 0 Å². The summed E-state index contributed by atoms with van der Waals surface area (Å²) in [4.78, 5) is 2.42. The highest BCUT2D eigenvalue weighted by Crippen LogP contribution is 1.98. The number of aliphatic hydroxyl groups is 1. The third kappa shape index (κ3) is 6.62. The Bertz CT molecular complexity index is 87.8. The molecule has 0 aromatic carbocycles. The van der Waals surface area contributed by atoms with E-state index in [-0.39, 0.29) is 6.10 Å². The van der Waals surface area contributed by atoms with E-state index < -0.39 is 0 Å². The number of aliphatic hydroxyl groups excluding tert-OH is 1. The van der Waals surface area contributed by atoms with E-state index in [1.54, 1.807) is 0 Å². The second-order valence-electron chi connectivity index (χ2n) is 3.48. The number of hydrogen-bond acceptors (Lipinski definition) is 2. The van der Waals surface area contributed by atoms with Crippen LogP contribution in [0.2, 0.25) is 0 Å². The molecule has 74 valence electrons. The summed E-state index contributed by atoms with van der Waals surface area (Å²) in [5, 5.41) is 9.11. The van der Waals surface area contributed by atoms with Gasteiger partial charge in [0.05, 0.1) is 6.10 Å². The van der Waals surface area contributed by atoms with Gasteiger partial charge in [-0.1, -0.05) is 13.8 Å². The van der Waals surface area contributed by atoms with Crippen molar-refractivity contribution < 1.29 is 5.11 Å². The Morgan fingerprint density at radius 1 is 1.08 bits per heavy atom. The molecule has 0 saturated heterocycles. The molecule has 0 heterocycles. The highest BCUT2D eigenvalue weighted by Gasteiger charge is 2.03. The average molecular weight is 173 g/mol. The summed E-state index contributed by atoms with van der Waals surface area (Å²) >= 11 is 0. The molecule has 0 saturated carbocycles. The molecule has 0 bridgehead atoms. The van der Waals surface area contributed by atoms with Crippen molar-refractivity contribution in [1.29, 1.82) is 0 Å². The van der Waals surface area contributed by atoms with Crippen LogP contribution in [0.1, 0.15) is 40.0 Å². The average Bonchev–Trinajstić information content (AvgIpc) is 2.01. The maximum atomic E-state index is 9.11. The molecule has 0 rings (SSSR count). The van der Waals surface area contributed by atoms with Crippen LogP contribution in [0.3, 0.4) is 0 Å². The molecule has 0 fully saturated rings. The molecule has 1 atom stereocenters. The van der Waals surface area contributed by atoms with Crippen LogP contribution in [0.25, 0.3) is 0 Å². The zero-order valence-corrected chi connectivity index (χ0v) is 8.71. The minimum Gasteiger partial charge on any atom is -0.393 e. The van der Waals surface area contributed by atoms with E-state index >= 15 is 0 Å². The lowest BCUT2D eigenvalue weighted by atomic mass is 10.2. The number of rotatable bonds is 7. The molecule has 0 radical (unpaired) electrons. The fourth-order valence-corrected chi connectivity index (χ4v) is 1.34. The molecule has 0 aromatic heterocycles. The summed E-state index contributed by atoms with van der Waals surface area (Å²) in [5.74, 6) is 0. The first-order valence-electron chi connectivity index (χ1n) is 5.11. The Labute approximate surface area is 76.6 Å². The molecule has 0 aromatic rings. The fourth-order valence-electron chi connectivity index (χ4n) is 1.34. The van der Waals surface area contributed by atoms with Gasteiger partial charge in [-0.05, 0) is 39.3 Å². The Kier molecular flexibility index (Phi) is 7.51. The zero-order valence-electron chi connectivity index (χ0n) is 8.71. The molecule has 2 nitrogen and oxygen atoms in total. The predicted octanol–water partition coefficient (Wildman–Crippen LogP) is 1.88. The lowest BCUT2D eigenvalue weighted by Crippen LogP contribution is -2.28. The molecular weight excluding hydrogens is 150 g/mol. The van der Waals surface area contributed by atoms with Gasteiger partial charge in [0.25, 0.3) is 0 Å². The molecule has 1 N–H and O–H groups in total. The van der Waals surface area contributed by atoms with E-state index in [0.29, 0.717) is 0 Å². The van der Waals surface area contributed by atoms with Gasteiger partial charge in [-0.2, -0.15) is 0 Å². The molecule has 0 spiro atoms. The molecule has 0 aliphatic rings. The molecule has 12 heavy (non-hydrogen) atoms. The van der Waals surface area contributed by atoms with Crippen LogP contribution >= 0.6 is 0 Å². The van der Waals surface area contributed by atoms with Gasteiger partial charge in [-0.15, -0.1) is 0 Å². The smallest absolute Gasteiger partial charge is 0.0524 e. The largest absolute Gasteiger partial charge is 0.393 e. The monoisotopic (exact) mass is 173 g/mol. The minimum absolute atomic E-state index is 0.152. The van der Waals surface area contributed by atoms with E-state index in [2.05, 4.69) is 18.7 Å². The Balaban J connectivity index is 3.48. The highest BCUT2D eigenvalue weighted by atomic mass is 16.3. The quantitative estimate of drug-likeness (QED) is 0.635. The van der Waals surface area contributed by atoms with Crippen LogP contribution in [0.15, 0.2) is 0 Å². The van der Waals surface area contributed by atoms with Crippen molar-refractivity contribution in [1.82, 2.24) is 4.90 Å². The molecule has 1 unspecified atom stereocenters. The van der Waals surface area contributed by atoms with Crippen LogP contribution in [0.5, 0.6) is 0 Å². The second kappa shape index (κ2) is 7.56. The Morgan fingerprint density at radius 2 is 1.58 bits per heavy atom. The van der Waals surface area contributed by atoms with E-state index in [9.17, 15) is 0 Å². The Morgan fingerprint density at radius 3 is 1.92 bits per heavy atom. The van der Waals surface area contributed by atoms with Crippen LogP contribution in [0, 0.1) is 0 Å². The van der Waals surface area contributed by atoms with E-state index in [1.165, 1.54) is 25.9 Å². The molecule has 0 aliphatic carbocycles. The van der Waals surface area contributed by atoms with Crippen LogP contribution in [-0.4, -0.2) is 35.7 Å². The molecule has 0 amide bonds. The van der Waals surface area contributed by atoms with Crippen molar-refractivity contribution in [2.75, 3.05) is 19.6 Å². The van der Waals surface area contributed by atoms with Gasteiger partial charge in [0.2, 0.25) is 0 Å². The highest BCUT2D eigenvalue weighted by molar-refractivity contribution is 4.58. The zero-order chi connectivity index (χ0) is 9.40. The molecular formula is C10H23NO. The first-order valence-corrected chi connectivity index (χ1v) is 5.11. The number of hydrogen-bond donors (Lipinski definition) is 1. The van der Waals surface area contributed by atoms with Gasteiger partial charge >= 0.3 is 0 Å². The third-order valence-corrected chi connectivity index (χ3v) is 1.94. The van der Waals surface area contributed by atoms with Crippen LogP contribution in [0.4, 0.5) is 0 Å². The summed E-state index contributed by atoms with van der Waals surface area (Å²) in [6, 6.07) is 0. The first-order chi connectivity index (χ1) is 5.70. The van der Waals surface area contributed by atoms with Gasteiger partial charge in [0.1, 0.15) is 0 Å². The summed E-state index contributed by atoms with van der Waals surface area (Å²) in [6.45, 7) is 9.63. The van der Waals surface area contributed by atoms with E-state index in [1.807, 2.05) is 6.92 Å². The van der Waals surface area contributed by atoms with Gasteiger partial charge in [0.15, 0.2) is 0 Å². The number of nitrogens with zero attached hydrogens (tertiary/aromatic N) is 1. The first kappa shape index (κ1) is 11.9. The predicted molar refractivity (Wildman–Crippen MR) is 53.3 cm³/mol. The van der Waals surface area contributed by atoms with Gasteiger partial charge < -0.3 is 10.0 Å². The van der Waals surface area contributed by atoms with Crippen LogP contribution in [-0.2, 0) is 0 Å². The minimum atomic E-state index is -0.152. The van der Waals surface area contributed by atoms with Crippen molar-refractivity contribution in [3.63, 3.8) is 0 Å². The van der Waals surface area contributed by atoms with Crippen molar-refractivity contribution in [3.8, 4) is 0 Å². The van der Waals surface area contributed by atoms with Crippen LogP contribution < -0.4 is 0 Å². The van der Waals surface area contributed by atoms with Crippen molar-refractivity contribution >= 4 is 0 Å². The summed E-state index contributed by atoms with van der Waals surface area (Å²) in [5.41, 5.74) is 0. The van der Waals surface area contributed by atoms with Gasteiger partial charge in [-0.3, -0.25) is 0 Å². The maximum absolute atomic E-state index is 9.11. The fraction of sp³-hybridized carbons (Fsp3) is 1.00. The maximum Gasteiger partial charge on any atom is 0.0524 e. The van der Waals surface area contributed by atoms with Gasteiger partial charge in [-0.25, -0.2) is 0 Å². The third-order valence-electron chi connectivity index (χ3n) is 1.94. The van der Waals surface area contributed by atoms with Crippen molar-refractivity contribution in [3.05, 3.63) is 0 Å². The van der Waals surface area contributed by atoms with Gasteiger partial charge in [0, 0.05) is 6.54 Å². The summed E-state index contributed by atoms with van der Waals surface area (Å²) in [6.07, 6.45) is 3.17. The SMILES string of the molecule is CCCN(CCC)CCC(C)O. The van der Waals surface area contributed by atoms with Crippen molar-refractivity contribution in [2.45, 2.75) is 46.1 Å². The van der Waals surface area contributed by atoms with E-state index in [4.69, 9.17) is 5.11 Å². The summed E-state index contributed by atoms with van der Waals surface area (Å²) < 4.78 is 0.